The number of amides is 3. The summed E-state index contributed by atoms with van der Waals surface area (Å²) in [6, 6.07) is 20.4. The average molecular weight is 751 g/mol. The highest BCUT2D eigenvalue weighted by molar-refractivity contribution is 7.89. The summed E-state index contributed by atoms with van der Waals surface area (Å²) in [4.78, 5) is 50.4. The van der Waals surface area contributed by atoms with Crippen LogP contribution in [0.25, 0.3) is 0 Å². The number of aromatic nitrogens is 2. The Balaban J connectivity index is 0.922. The molecule has 2 saturated heterocycles. The second-order valence-electron chi connectivity index (χ2n) is 15.4. The Labute approximate surface area is 316 Å². The van der Waals surface area contributed by atoms with Crippen LogP contribution in [0.4, 0.5) is 23.1 Å². The lowest BCUT2D eigenvalue weighted by molar-refractivity contribution is -0.136. The summed E-state index contributed by atoms with van der Waals surface area (Å²) in [6.45, 7) is 10.4. The second kappa shape index (κ2) is 14.9. The molecule has 1 atom stereocenters. The number of piperidine rings is 2. The van der Waals surface area contributed by atoms with Crippen LogP contribution in [-0.4, -0.2) is 70.6 Å². The highest BCUT2D eigenvalue weighted by Gasteiger charge is 2.39. The number of hydrogen-bond donors (Lipinski definition) is 4. The van der Waals surface area contributed by atoms with Crippen molar-refractivity contribution in [1.29, 1.82) is 0 Å². The third-order valence-corrected chi connectivity index (χ3v) is 11.8. The van der Waals surface area contributed by atoms with Crippen LogP contribution in [0.15, 0.2) is 77.8 Å². The largest absolute Gasteiger partial charge is 0.340 e. The van der Waals surface area contributed by atoms with E-state index in [0.717, 1.165) is 54.9 Å². The van der Waals surface area contributed by atoms with E-state index in [1.807, 2.05) is 31.2 Å². The Morgan fingerprint density at radius 3 is 2.39 bits per heavy atom. The fourth-order valence-electron chi connectivity index (χ4n) is 7.35. The van der Waals surface area contributed by atoms with Crippen LogP contribution in [0.5, 0.6) is 0 Å². The lowest BCUT2D eigenvalue weighted by atomic mass is 9.89. The molecule has 0 spiro atoms. The topological polar surface area (TPSA) is 166 Å². The van der Waals surface area contributed by atoms with Gasteiger partial charge in [-0.05, 0) is 119 Å². The van der Waals surface area contributed by atoms with Gasteiger partial charge in [-0.25, -0.2) is 18.1 Å². The number of nitrogens with zero attached hydrogens (tertiary/aromatic N) is 4. The van der Waals surface area contributed by atoms with Gasteiger partial charge in [-0.3, -0.25) is 24.6 Å². The van der Waals surface area contributed by atoms with Gasteiger partial charge in [-0.1, -0.05) is 30.3 Å². The molecule has 14 heteroatoms. The SMILES string of the molecule is Cc1cnc(Nc2ccc(C3CCN(Cc4ccc5c(c4)CN(C4CCC(=O)NC4=O)C5=O)CC3)cc2)nc1Nc1cccc(S(=O)(=O)NC(C)(C)C)c1. The van der Waals surface area contributed by atoms with Gasteiger partial charge in [0.15, 0.2) is 0 Å². The van der Waals surface area contributed by atoms with Crippen LogP contribution >= 0.6 is 0 Å². The predicted molar refractivity (Wildman–Crippen MR) is 206 cm³/mol. The number of carbonyl (C=O) groups is 3. The number of carbonyl (C=O) groups excluding carboxylic acids is 3. The molecular weight excluding hydrogens is 705 g/mol. The molecule has 4 aromatic rings. The maximum Gasteiger partial charge on any atom is 0.255 e. The van der Waals surface area contributed by atoms with Crippen molar-refractivity contribution in [3.63, 3.8) is 0 Å². The van der Waals surface area contributed by atoms with Crippen molar-refractivity contribution in [1.82, 2.24) is 29.8 Å². The van der Waals surface area contributed by atoms with E-state index in [1.165, 1.54) is 5.56 Å². The fraction of sp³-hybridized carbons (Fsp3) is 0.375. The van der Waals surface area contributed by atoms with E-state index in [0.29, 0.717) is 41.9 Å². The van der Waals surface area contributed by atoms with E-state index in [2.05, 4.69) is 53.7 Å². The zero-order chi connectivity index (χ0) is 38.2. The smallest absolute Gasteiger partial charge is 0.255 e. The Morgan fingerprint density at radius 1 is 0.907 bits per heavy atom. The molecule has 3 aromatic carbocycles. The zero-order valence-electron chi connectivity index (χ0n) is 31.0. The molecule has 13 nitrogen and oxygen atoms in total. The molecule has 0 saturated carbocycles. The molecule has 3 aliphatic heterocycles. The van der Waals surface area contributed by atoms with Crippen molar-refractivity contribution in [2.75, 3.05) is 23.7 Å². The first kappa shape index (κ1) is 37.1. The minimum absolute atomic E-state index is 0.149. The van der Waals surface area contributed by atoms with Gasteiger partial charge in [0.1, 0.15) is 11.9 Å². The Morgan fingerprint density at radius 2 is 1.67 bits per heavy atom. The van der Waals surface area contributed by atoms with Gasteiger partial charge in [-0.2, -0.15) is 4.98 Å². The van der Waals surface area contributed by atoms with E-state index in [4.69, 9.17) is 0 Å². The maximum atomic E-state index is 13.1. The van der Waals surface area contributed by atoms with Crippen LogP contribution < -0.4 is 20.7 Å². The maximum absolute atomic E-state index is 13.1. The first-order chi connectivity index (χ1) is 25.7. The minimum atomic E-state index is -3.69. The lowest BCUT2D eigenvalue weighted by Gasteiger charge is -2.32. The third kappa shape index (κ3) is 8.46. The molecule has 4 heterocycles. The van der Waals surface area contributed by atoms with Gasteiger partial charge >= 0.3 is 0 Å². The van der Waals surface area contributed by atoms with Gasteiger partial charge < -0.3 is 15.5 Å². The Bertz CT molecular complexity index is 2190. The number of imide groups is 1. The van der Waals surface area contributed by atoms with Crippen LogP contribution in [0, 0.1) is 6.92 Å². The molecule has 1 unspecified atom stereocenters. The van der Waals surface area contributed by atoms with E-state index < -0.39 is 27.5 Å². The highest BCUT2D eigenvalue weighted by atomic mass is 32.2. The van der Waals surface area contributed by atoms with E-state index in [9.17, 15) is 22.8 Å². The number of fused-ring (bicyclic) bond motifs is 1. The van der Waals surface area contributed by atoms with Crippen LogP contribution in [0.2, 0.25) is 0 Å². The van der Waals surface area contributed by atoms with E-state index in [-0.39, 0.29) is 23.1 Å². The van der Waals surface area contributed by atoms with Crippen molar-refractivity contribution >= 4 is 50.9 Å². The van der Waals surface area contributed by atoms with Crippen LogP contribution in [-0.2, 0) is 32.7 Å². The predicted octanol–water partition coefficient (Wildman–Crippen LogP) is 5.49. The van der Waals surface area contributed by atoms with Gasteiger partial charge in [0.25, 0.3) is 5.91 Å². The van der Waals surface area contributed by atoms with Crippen molar-refractivity contribution in [3.05, 3.63) is 101 Å². The van der Waals surface area contributed by atoms with Crippen molar-refractivity contribution in [2.24, 2.45) is 0 Å². The number of sulfonamides is 1. The number of hydrogen-bond acceptors (Lipinski definition) is 10. The summed E-state index contributed by atoms with van der Waals surface area (Å²) in [5, 5.41) is 8.91. The van der Waals surface area contributed by atoms with Gasteiger partial charge in [0, 0.05) is 53.7 Å². The monoisotopic (exact) mass is 750 g/mol. The molecule has 7 rings (SSSR count). The quantitative estimate of drug-likeness (QED) is 0.152. The molecule has 3 amide bonds. The Hall–Kier alpha value is -5.18. The van der Waals surface area contributed by atoms with Gasteiger partial charge in [0.2, 0.25) is 27.8 Å². The van der Waals surface area contributed by atoms with Crippen LogP contribution in [0.1, 0.15) is 85.0 Å². The van der Waals surface area contributed by atoms with Crippen molar-refractivity contribution in [3.8, 4) is 0 Å². The first-order valence-electron chi connectivity index (χ1n) is 18.3. The molecule has 0 bridgehead atoms. The van der Waals surface area contributed by atoms with Crippen molar-refractivity contribution in [2.45, 2.75) is 88.9 Å². The molecular formula is C40H46N8O5S. The number of nitrogens with one attached hydrogen (secondary N) is 4. The number of anilines is 4. The molecule has 1 aromatic heterocycles. The molecule has 54 heavy (non-hydrogen) atoms. The standard InChI is InChI=1S/C40H46N8O5S/c1-25-22-41-39(45-36(25)42-31-6-5-7-32(21-31)54(52,53)46-40(2,3)4)43-30-11-9-27(10-12-30)28-16-18-47(19-17-28)23-26-8-13-33-29(20-26)24-48(38(33)51)34-14-15-35(49)44-37(34)50/h5-13,20-22,28,34,46H,14-19,23-24H2,1-4H3,(H,44,49,50)(H2,41,42,43,45). The lowest BCUT2D eigenvalue weighted by Crippen LogP contribution is -2.52. The number of rotatable bonds is 10. The number of likely N-dealkylation sites (tertiary alicyclic amines) is 1. The zero-order valence-corrected chi connectivity index (χ0v) is 31.8. The minimum Gasteiger partial charge on any atom is -0.340 e. The number of benzene rings is 3. The summed E-state index contributed by atoms with van der Waals surface area (Å²) in [7, 11) is -3.69. The third-order valence-electron chi connectivity index (χ3n) is 10.0. The second-order valence-corrected chi connectivity index (χ2v) is 17.1. The first-order valence-corrected chi connectivity index (χ1v) is 19.8. The molecule has 2 fully saturated rings. The molecule has 3 aliphatic rings. The summed E-state index contributed by atoms with van der Waals surface area (Å²) >= 11 is 0. The summed E-state index contributed by atoms with van der Waals surface area (Å²) in [5.41, 5.74) is 5.66. The average Bonchev–Trinajstić information content (AvgIpc) is 3.44. The van der Waals surface area contributed by atoms with E-state index in [1.54, 1.807) is 56.1 Å². The van der Waals surface area contributed by atoms with Gasteiger partial charge in [0.05, 0.1) is 4.90 Å². The number of aryl methyl sites for hydroxylation is 1. The van der Waals surface area contributed by atoms with Crippen LogP contribution in [0.3, 0.4) is 0 Å². The fourth-order valence-corrected chi connectivity index (χ4v) is 8.81. The molecule has 282 valence electrons. The Kier molecular flexibility index (Phi) is 10.3. The van der Waals surface area contributed by atoms with Crippen molar-refractivity contribution < 1.29 is 22.8 Å². The summed E-state index contributed by atoms with van der Waals surface area (Å²) in [6.07, 6.45) is 4.39. The summed E-state index contributed by atoms with van der Waals surface area (Å²) in [5.74, 6) is 0.600. The van der Waals surface area contributed by atoms with Gasteiger partial charge in [-0.15, -0.1) is 0 Å². The van der Waals surface area contributed by atoms with E-state index >= 15 is 0 Å². The molecule has 0 aliphatic carbocycles. The normalized spacial score (nSPS) is 18.4. The highest BCUT2D eigenvalue weighted by Crippen LogP contribution is 2.32. The molecule has 0 radical (unpaired) electrons. The molecule has 4 N–H and O–H groups in total. The summed E-state index contributed by atoms with van der Waals surface area (Å²) < 4.78 is 28.5.